The summed E-state index contributed by atoms with van der Waals surface area (Å²) in [6.07, 6.45) is 0. The first-order valence-electron chi connectivity index (χ1n) is 0. The Morgan fingerprint density at radius 3 is 1.00 bits per heavy atom. The van der Waals surface area contributed by atoms with Gasteiger partial charge in [0.2, 0.25) is 0 Å². The van der Waals surface area contributed by atoms with Crippen LogP contribution in [-0.2, 0) is 0 Å². The van der Waals surface area contributed by atoms with Crippen molar-refractivity contribution in [1.29, 1.82) is 0 Å². The van der Waals surface area contributed by atoms with E-state index in [-0.39, 0.29) is 121 Å². The smallest absolute Gasteiger partial charge is 0.870 e. The van der Waals surface area contributed by atoms with Gasteiger partial charge in [0.1, 0.15) is 0 Å². The monoisotopic (exact) mass is 132 g/mol. The van der Waals surface area contributed by atoms with Gasteiger partial charge >= 0.3 is 103 Å². The molecule has 18 valence electrons. The maximum atomic E-state index is 0. The molecule has 0 rings (SSSR count). The van der Waals surface area contributed by atoms with Crippen LogP contribution in [0, 0.1) is 0 Å². The average Bonchev–Trinajstić information content (AvgIpc) is 0. The first kappa shape index (κ1) is 25.8. The minimum atomic E-state index is 0. The maximum Gasteiger partial charge on any atom is -0.870 e. The van der Waals surface area contributed by atoms with Crippen LogP contribution in [0.15, 0.2) is 0 Å². The van der Waals surface area contributed by atoms with Gasteiger partial charge in [-0.15, -0.1) is 12.4 Å². The molecule has 0 aliphatic rings. The topological polar surface area (TPSA) is 30.0 Å². The molecule has 0 amide bonds. The number of halogens is 1. The Morgan fingerprint density at radius 1 is 1.00 bits per heavy atom. The van der Waals surface area contributed by atoms with Crippen LogP contribution in [0.2, 0.25) is 0 Å². The Labute approximate surface area is 117 Å². The van der Waals surface area contributed by atoms with Gasteiger partial charge < -0.3 is 5.48 Å². The molecule has 0 spiro atoms. The first-order valence-corrected chi connectivity index (χ1v) is 0. The Hall–Kier alpha value is 3.52. The van der Waals surface area contributed by atoms with E-state index in [0.717, 1.165) is 0 Å². The molecule has 0 atom stereocenters. The van der Waals surface area contributed by atoms with E-state index in [1.165, 1.54) is 0 Å². The molecule has 0 aromatic rings. The molecule has 0 aliphatic carbocycles. The maximum absolute atomic E-state index is 0. The van der Waals surface area contributed by atoms with E-state index in [9.17, 15) is 0 Å². The van der Waals surface area contributed by atoms with Crippen molar-refractivity contribution in [1.82, 2.24) is 0 Å². The van der Waals surface area contributed by atoms with E-state index in [1.54, 1.807) is 0 Å². The Balaban J connectivity index is 0. The second kappa shape index (κ2) is 16.0. The summed E-state index contributed by atoms with van der Waals surface area (Å²) < 4.78 is 0. The van der Waals surface area contributed by atoms with Crippen LogP contribution < -0.4 is 51.4 Å². The number of hydrogen-bond acceptors (Lipinski definition) is 1. The SMILES string of the molecule is Cl.[K+].[KH].[OH-]. The summed E-state index contributed by atoms with van der Waals surface area (Å²) in [5.41, 5.74) is 0. The van der Waals surface area contributed by atoms with Crippen LogP contribution in [0.1, 0.15) is 0 Å². The predicted octanol–water partition coefficient (Wildman–Crippen LogP) is -3.40. The molecule has 0 heterocycles. The van der Waals surface area contributed by atoms with Gasteiger partial charge in [-0.3, -0.25) is 0 Å². The van der Waals surface area contributed by atoms with Gasteiger partial charge in [-0.1, -0.05) is 0 Å². The van der Waals surface area contributed by atoms with Crippen molar-refractivity contribution in [3.8, 4) is 0 Å². The van der Waals surface area contributed by atoms with E-state index in [2.05, 4.69) is 0 Å². The van der Waals surface area contributed by atoms with Crippen LogP contribution in [-0.4, -0.2) is 56.9 Å². The second-order valence-corrected chi connectivity index (χ2v) is 0. The molecular weight excluding hydrogens is 130 g/mol. The van der Waals surface area contributed by atoms with E-state index in [0.29, 0.717) is 0 Å². The van der Waals surface area contributed by atoms with Gasteiger partial charge in [0, 0.05) is 0 Å². The molecule has 0 aliphatic heterocycles. The molecule has 1 N–H and O–H groups in total. The zero-order valence-electron chi connectivity index (χ0n) is 1.86. The van der Waals surface area contributed by atoms with Gasteiger partial charge in [-0.2, -0.15) is 0 Å². The van der Waals surface area contributed by atoms with Gasteiger partial charge in [-0.25, -0.2) is 0 Å². The summed E-state index contributed by atoms with van der Waals surface area (Å²) >= 11 is 0. The fourth-order valence-corrected chi connectivity index (χ4v) is 0. The first-order chi connectivity index (χ1) is 0. The van der Waals surface area contributed by atoms with E-state index in [1.807, 2.05) is 0 Å². The van der Waals surface area contributed by atoms with Crippen molar-refractivity contribution in [3.05, 3.63) is 0 Å². The zero-order chi connectivity index (χ0) is 0. The fraction of sp³-hybridized carbons (Fsp3) is 0. The largest absolute Gasteiger partial charge is 0.870 e. The summed E-state index contributed by atoms with van der Waals surface area (Å²) in [6.45, 7) is 0. The number of rotatable bonds is 0. The molecule has 0 aromatic carbocycles. The van der Waals surface area contributed by atoms with Gasteiger partial charge in [-0.05, 0) is 0 Å². The van der Waals surface area contributed by atoms with Crippen LogP contribution in [0.4, 0.5) is 0 Å². The molecule has 1 nitrogen and oxygen atoms in total. The van der Waals surface area contributed by atoms with E-state index in [4.69, 9.17) is 0 Å². The van der Waals surface area contributed by atoms with Crippen LogP contribution >= 0.6 is 12.4 Å². The molecule has 0 fully saturated rings. The standard InChI is InChI=1S/ClH.2K.H2O.H/h1H;;;1H2;/q;;+1;;/p-1. The Morgan fingerprint density at radius 2 is 1.00 bits per heavy atom. The Kier molecular flexibility index (Phi) is 103. The Bertz CT molecular complexity index is 6.00. The van der Waals surface area contributed by atoms with Crippen molar-refractivity contribution in [2.45, 2.75) is 0 Å². The van der Waals surface area contributed by atoms with Crippen LogP contribution in [0.25, 0.3) is 0 Å². The summed E-state index contributed by atoms with van der Waals surface area (Å²) in [5.74, 6) is 0. The molecule has 4 heavy (non-hydrogen) atoms. The predicted molar refractivity (Wildman–Crippen MR) is 16.3 cm³/mol. The third kappa shape index (κ3) is 9.10. The van der Waals surface area contributed by atoms with Crippen molar-refractivity contribution in [2.24, 2.45) is 0 Å². The van der Waals surface area contributed by atoms with Crippen molar-refractivity contribution >= 4 is 63.8 Å². The van der Waals surface area contributed by atoms with Crippen molar-refractivity contribution < 1.29 is 56.9 Å². The molecule has 0 radical (unpaired) electrons. The fourth-order valence-electron chi connectivity index (χ4n) is 0. The third-order valence-electron chi connectivity index (χ3n) is 0. The van der Waals surface area contributed by atoms with Gasteiger partial charge in [0.25, 0.3) is 0 Å². The van der Waals surface area contributed by atoms with Gasteiger partial charge in [0.15, 0.2) is 0 Å². The minimum absolute atomic E-state index is 0. The quantitative estimate of drug-likeness (QED) is 0.316. The second-order valence-electron chi connectivity index (χ2n) is 0. The molecule has 0 bridgehead atoms. The minimum Gasteiger partial charge on any atom is -0.870 e. The summed E-state index contributed by atoms with van der Waals surface area (Å²) in [7, 11) is 0. The summed E-state index contributed by atoms with van der Waals surface area (Å²) in [6, 6.07) is 0. The number of hydrogen-bond donors (Lipinski definition) is 0. The van der Waals surface area contributed by atoms with Crippen LogP contribution in [0.3, 0.4) is 0 Å². The van der Waals surface area contributed by atoms with Crippen LogP contribution in [0.5, 0.6) is 0 Å². The van der Waals surface area contributed by atoms with Crippen molar-refractivity contribution in [2.75, 3.05) is 0 Å². The molecule has 0 unspecified atom stereocenters. The zero-order valence-corrected chi connectivity index (χ0v) is 5.80. The summed E-state index contributed by atoms with van der Waals surface area (Å²) in [5, 5.41) is 0. The normalized spacial score (nSPS) is 0. The van der Waals surface area contributed by atoms with E-state index >= 15 is 0 Å². The van der Waals surface area contributed by atoms with E-state index < -0.39 is 0 Å². The molecule has 0 aromatic heterocycles. The van der Waals surface area contributed by atoms with Crippen molar-refractivity contribution in [3.63, 3.8) is 0 Å². The molecule has 0 saturated carbocycles. The van der Waals surface area contributed by atoms with Gasteiger partial charge in [0.05, 0.1) is 0 Å². The average molecular weight is 133 g/mol. The summed E-state index contributed by atoms with van der Waals surface area (Å²) in [4.78, 5) is 0. The molecule has 0 saturated heterocycles. The molecular formula is H3ClK2O. The molecule has 4 heteroatoms. The third-order valence-corrected chi connectivity index (χ3v) is 0.